The van der Waals surface area contributed by atoms with E-state index in [1.54, 1.807) is 36.4 Å². The molecule has 0 radical (unpaired) electrons. The molecule has 0 bridgehead atoms. The van der Waals surface area contributed by atoms with Crippen molar-refractivity contribution in [1.82, 2.24) is 5.32 Å². The minimum absolute atomic E-state index is 0.0341. The smallest absolute Gasteiger partial charge is 0.306 e. The first-order valence-electron chi connectivity index (χ1n) is 7.96. The van der Waals surface area contributed by atoms with Crippen molar-refractivity contribution in [3.05, 3.63) is 48.4 Å². The van der Waals surface area contributed by atoms with Crippen LogP contribution in [0.1, 0.15) is 18.6 Å². The summed E-state index contributed by atoms with van der Waals surface area (Å²) in [6.07, 6.45) is 1.36. The van der Waals surface area contributed by atoms with E-state index in [-0.39, 0.29) is 25.3 Å². The van der Waals surface area contributed by atoms with Crippen molar-refractivity contribution in [2.75, 3.05) is 19.0 Å². The molecule has 138 valence electrons. The van der Waals surface area contributed by atoms with E-state index in [4.69, 9.17) is 13.9 Å². The molecule has 1 aromatic carbocycles. The van der Waals surface area contributed by atoms with Crippen LogP contribution in [0.5, 0.6) is 5.75 Å². The lowest BCUT2D eigenvalue weighted by atomic mass is 10.3. The van der Waals surface area contributed by atoms with Gasteiger partial charge in [-0.2, -0.15) is 0 Å². The molecule has 2 aromatic rings. The highest BCUT2D eigenvalue weighted by atomic mass is 16.5. The van der Waals surface area contributed by atoms with Gasteiger partial charge in [0.05, 0.1) is 32.0 Å². The Morgan fingerprint density at radius 3 is 2.58 bits per heavy atom. The van der Waals surface area contributed by atoms with Crippen molar-refractivity contribution in [1.29, 1.82) is 0 Å². The summed E-state index contributed by atoms with van der Waals surface area (Å²) >= 11 is 0. The van der Waals surface area contributed by atoms with Crippen molar-refractivity contribution in [2.24, 2.45) is 0 Å². The summed E-state index contributed by atoms with van der Waals surface area (Å²) in [5, 5.41) is 5.20. The number of nitrogens with one attached hydrogen (secondary N) is 2. The molecular formula is C18H20N2O6. The topological polar surface area (TPSA) is 107 Å². The number of rotatable bonds is 9. The number of furan rings is 1. The molecule has 2 N–H and O–H groups in total. The van der Waals surface area contributed by atoms with Crippen LogP contribution in [0.25, 0.3) is 0 Å². The van der Waals surface area contributed by atoms with Gasteiger partial charge in [0, 0.05) is 6.42 Å². The molecule has 0 aliphatic rings. The third kappa shape index (κ3) is 6.31. The fourth-order valence-electron chi connectivity index (χ4n) is 2.06. The first-order chi connectivity index (χ1) is 12.6. The Hall–Kier alpha value is -3.29. The number of carbonyl (C=O) groups is 3. The average Bonchev–Trinajstić information content (AvgIpc) is 3.17. The van der Waals surface area contributed by atoms with Gasteiger partial charge in [-0.15, -0.1) is 0 Å². The maximum absolute atomic E-state index is 11.8. The standard InChI is InChI=1S/C18H20N2O6/c1-24-15-7-3-2-6-14(15)20-17(22)12-26-18(23)9-8-16(21)19-11-13-5-4-10-25-13/h2-7,10H,8-9,11-12H2,1H3,(H,19,21)(H,20,22). The van der Waals surface area contributed by atoms with Crippen LogP contribution in [0.15, 0.2) is 47.1 Å². The van der Waals surface area contributed by atoms with Crippen LogP contribution < -0.4 is 15.4 Å². The number of amides is 2. The zero-order chi connectivity index (χ0) is 18.8. The first kappa shape index (κ1) is 19.0. The maximum atomic E-state index is 11.8. The molecule has 2 rings (SSSR count). The highest BCUT2D eigenvalue weighted by Crippen LogP contribution is 2.22. The quantitative estimate of drug-likeness (QED) is 0.661. The normalized spacial score (nSPS) is 10.0. The SMILES string of the molecule is COc1ccccc1NC(=O)COC(=O)CCC(=O)NCc1ccco1. The van der Waals surface area contributed by atoms with Gasteiger partial charge in [0.25, 0.3) is 5.91 Å². The zero-order valence-electron chi connectivity index (χ0n) is 14.3. The van der Waals surface area contributed by atoms with E-state index in [1.165, 1.54) is 13.4 Å². The molecule has 8 nitrogen and oxygen atoms in total. The van der Waals surface area contributed by atoms with Crippen LogP contribution in [0.4, 0.5) is 5.69 Å². The van der Waals surface area contributed by atoms with Gasteiger partial charge in [0.15, 0.2) is 6.61 Å². The van der Waals surface area contributed by atoms with Gasteiger partial charge in [0.2, 0.25) is 5.91 Å². The second kappa shape index (κ2) is 9.87. The lowest BCUT2D eigenvalue weighted by molar-refractivity contribution is -0.148. The van der Waals surface area contributed by atoms with Crippen molar-refractivity contribution in [3.63, 3.8) is 0 Å². The second-order valence-corrected chi connectivity index (χ2v) is 5.27. The molecule has 0 aliphatic heterocycles. The summed E-state index contributed by atoms with van der Waals surface area (Å²) in [6.45, 7) is -0.187. The largest absolute Gasteiger partial charge is 0.495 e. The number of ether oxygens (including phenoxy) is 2. The summed E-state index contributed by atoms with van der Waals surface area (Å²) in [5.74, 6) is -0.315. The van der Waals surface area contributed by atoms with Crippen LogP contribution in [0, 0.1) is 0 Å². The summed E-state index contributed by atoms with van der Waals surface area (Å²) in [6, 6.07) is 10.3. The number of anilines is 1. The van der Waals surface area contributed by atoms with E-state index >= 15 is 0 Å². The van der Waals surface area contributed by atoms with Crippen LogP contribution in [0.2, 0.25) is 0 Å². The van der Waals surface area contributed by atoms with Gasteiger partial charge in [-0.25, -0.2) is 0 Å². The molecule has 0 aliphatic carbocycles. The molecule has 0 fully saturated rings. The van der Waals surface area contributed by atoms with E-state index in [2.05, 4.69) is 10.6 Å². The Labute approximate surface area is 150 Å². The molecular weight excluding hydrogens is 340 g/mol. The van der Waals surface area contributed by atoms with E-state index in [1.807, 2.05) is 0 Å². The second-order valence-electron chi connectivity index (χ2n) is 5.27. The van der Waals surface area contributed by atoms with Crippen LogP contribution in [-0.4, -0.2) is 31.5 Å². The van der Waals surface area contributed by atoms with Gasteiger partial charge >= 0.3 is 5.97 Å². The summed E-state index contributed by atoms with van der Waals surface area (Å²) in [7, 11) is 1.49. The number of benzene rings is 1. The third-order valence-electron chi connectivity index (χ3n) is 3.34. The monoisotopic (exact) mass is 360 g/mol. The van der Waals surface area contributed by atoms with Crippen molar-refractivity contribution >= 4 is 23.5 Å². The minimum atomic E-state index is -0.631. The molecule has 0 spiro atoms. The lowest BCUT2D eigenvalue weighted by Gasteiger charge is -2.10. The van der Waals surface area contributed by atoms with Gasteiger partial charge in [-0.05, 0) is 24.3 Å². The lowest BCUT2D eigenvalue weighted by Crippen LogP contribution is -2.24. The number of hydrogen-bond donors (Lipinski definition) is 2. The number of esters is 1. The molecule has 0 atom stereocenters. The Morgan fingerprint density at radius 1 is 1.04 bits per heavy atom. The number of methoxy groups -OCH3 is 1. The Morgan fingerprint density at radius 2 is 1.85 bits per heavy atom. The zero-order valence-corrected chi connectivity index (χ0v) is 14.3. The highest BCUT2D eigenvalue weighted by molar-refractivity contribution is 5.94. The fraction of sp³-hybridized carbons (Fsp3) is 0.278. The first-order valence-corrected chi connectivity index (χ1v) is 7.96. The van der Waals surface area contributed by atoms with Gasteiger partial charge < -0.3 is 24.5 Å². The summed E-state index contributed by atoms with van der Waals surface area (Å²) in [5.41, 5.74) is 0.480. The van der Waals surface area contributed by atoms with Gasteiger partial charge in [-0.1, -0.05) is 12.1 Å². The highest BCUT2D eigenvalue weighted by Gasteiger charge is 2.12. The van der Waals surface area contributed by atoms with Gasteiger partial charge in [-0.3, -0.25) is 14.4 Å². The molecule has 1 heterocycles. The van der Waals surface area contributed by atoms with Crippen molar-refractivity contribution < 1.29 is 28.3 Å². The fourth-order valence-corrected chi connectivity index (χ4v) is 2.06. The maximum Gasteiger partial charge on any atom is 0.306 e. The Balaban J connectivity index is 1.64. The minimum Gasteiger partial charge on any atom is -0.495 e. The Bertz CT molecular complexity index is 742. The number of hydrogen-bond acceptors (Lipinski definition) is 6. The molecule has 26 heavy (non-hydrogen) atoms. The third-order valence-corrected chi connectivity index (χ3v) is 3.34. The molecule has 8 heteroatoms. The number of para-hydroxylation sites is 2. The van der Waals surface area contributed by atoms with E-state index in [9.17, 15) is 14.4 Å². The molecule has 1 aromatic heterocycles. The predicted octanol–water partition coefficient (Wildman–Crippen LogP) is 1.87. The van der Waals surface area contributed by atoms with Crippen LogP contribution in [0.3, 0.4) is 0 Å². The van der Waals surface area contributed by atoms with E-state index in [0.29, 0.717) is 17.2 Å². The number of carbonyl (C=O) groups excluding carboxylic acids is 3. The van der Waals surface area contributed by atoms with Gasteiger partial charge in [0.1, 0.15) is 11.5 Å². The van der Waals surface area contributed by atoms with Crippen LogP contribution >= 0.6 is 0 Å². The summed E-state index contributed by atoms with van der Waals surface area (Å²) < 4.78 is 15.1. The molecule has 2 amide bonds. The van der Waals surface area contributed by atoms with Crippen LogP contribution in [-0.2, 0) is 25.7 Å². The average molecular weight is 360 g/mol. The van der Waals surface area contributed by atoms with E-state index < -0.39 is 18.5 Å². The summed E-state index contributed by atoms with van der Waals surface area (Å²) in [4.78, 5) is 35.1. The van der Waals surface area contributed by atoms with Crippen molar-refractivity contribution in [3.8, 4) is 5.75 Å². The molecule has 0 unspecified atom stereocenters. The van der Waals surface area contributed by atoms with Crippen molar-refractivity contribution in [2.45, 2.75) is 19.4 Å². The molecule has 0 saturated heterocycles. The Kier molecular flexibility index (Phi) is 7.23. The van der Waals surface area contributed by atoms with E-state index in [0.717, 1.165) is 0 Å². The molecule has 0 saturated carbocycles. The predicted molar refractivity (Wildman–Crippen MR) is 92.4 cm³/mol.